The van der Waals surface area contributed by atoms with Gasteiger partial charge in [-0.15, -0.1) is 0 Å². The summed E-state index contributed by atoms with van der Waals surface area (Å²) >= 11 is 0. The van der Waals surface area contributed by atoms with Crippen LogP contribution in [-0.2, 0) is 0 Å². The summed E-state index contributed by atoms with van der Waals surface area (Å²) in [6.07, 6.45) is 6.96. The summed E-state index contributed by atoms with van der Waals surface area (Å²) in [5.41, 5.74) is 4.59. The number of rotatable bonds is 5. The molecule has 0 bridgehead atoms. The van der Waals surface area contributed by atoms with Crippen LogP contribution in [0.1, 0.15) is 61.6 Å². The zero-order valence-corrected chi connectivity index (χ0v) is 13.7. The topological polar surface area (TPSA) is 12.0 Å². The average molecular weight is 273 g/mol. The van der Waals surface area contributed by atoms with E-state index in [9.17, 15) is 0 Å². The number of hydrogen-bond donors (Lipinski definition) is 1. The zero-order valence-electron chi connectivity index (χ0n) is 13.7. The van der Waals surface area contributed by atoms with Crippen molar-refractivity contribution in [1.29, 1.82) is 0 Å². The Kier molecular flexibility index (Phi) is 5.65. The van der Waals surface area contributed by atoms with Crippen LogP contribution in [0, 0.1) is 25.7 Å². The Morgan fingerprint density at radius 3 is 2.70 bits per heavy atom. The van der Waals surface area contributed by atoms with Crippen molar-refractivity contribution in [3.8, 4) is 0 Å². The molecule has 1 heteroatoms. The molecule has 20 heavy (non-hydrogen) atoms. The van der Waals surface area contributed by atoms with Gasteiger partial charge in [0.15, 0.2) is 0 Å². The van der Waals surface area contributed by atoms with E-state index in [2.05, 4.69) is 51.3 Å². The molecule has 1 N–H and O–H groups in total. The minimum Gasteiger partial charge on any atom is -0.319 e. The van der Waals surface area contributed by atoms with Crippen LogP contribution in [0.2, 0.25) is 0 Å². The summed E-state index contributed by atoms with van der Waals surface area (Å²) in [6, 6.07) is 6.87. The van der Waals surface area contributed by atoms with E-state index >= 15 is 0 Å². The van der Waals surface area contributed by atoms with E-state index in [1.54, 1.807) is 5.56 Å². The predicted octanol–water partition coefficient (Wildman–Crippen LogP) is 4.82. The second kappa shape index (κ2) is 7.26. The molecule has 1 saturated carbocycles. The van der Waals surface area contributed by atoms with Crippen molar-refractivity contribution in [3.63, 3.8) is 0 Å². The summed E-state index contributed by atoms with van der Waals surface area (Å²) in [4.78, 5) is 0. The lowest BCUT2D eigenvalue weighted by molar-refractivity contribution is 0.222. The number of hydrogen-bond acceptors (Lipinski definition) is 1. The Morgan fingerprint density at radius 2 is 2.00 bits per heavy atom. The fraction of sp³-hybridized carbons (Fsp3) is 0.684. The maximum Gasteiger partial charge on any atom is -0.00177 e. The highest BCUT2D eigenvalue weighted by Crippen LogP contribution is 2.43. The van der Waals surface area contributed by atoms with Gasteiger partial charge in [-0.3, -0.25) is 0 Å². The summed E-state index contributed by atoms with van der Waals surface area (Å²) in [5, 5.41) is 3.42. The maximum absolute atomic E-state index is 3.42. The first-order valence-corrected chi connectivity index (χ1v) is 8.38. The van der Waals surface area contributed by atoms with Crippen molar-refractivity contribution in [2.45, 2.75) is 58.8 Å². The van der Waals surface area contributed by atoms with Crippen molar-refractivity contribution in [2.24, 2.45) is 11.8 Å². The van der Waals surface area contributed by atoms with Crippen molar-refractivity contribution >= 4 is 0 Å². The fourth-order valence-corrected chi connectivity index (χ4v) is 4.05. The Labute approximate surface area is 125 Å². The van der Waals surface area contributed by atoms with E-state index in [4.69, 9.17) is 0 Å². The van der Waals surface area contributed by atoms with Gasteiger partial charge in [0.2, 0.25) is 0 Å². The van der Waals surface area contributed by atoms with Crippen LogP contribution in [0.25, 0.3) is 0 Å². The van der Waals surface area contributed by atoms with Crippen LogP contribution in [0.15, 0.2) is 18.2 Å². The van der Waals surface area contributed by atoms with Gasteiger partial charge in [-0.05, 0) is 74.7 Å². The van der Waals surface area contributed by atoms with Crippen molar-refractivity contribution in [3.05, 3.63) is 34.9 Å². The SMILES string of the molecule is CCCC1CCC(CNC)C(c2cccc(C)c2C)C1. The van der Waals surface area contributed by atoms with Crippen LogP contribution in [-0.4, -0.2) is 13.6 Å². The van der Waals surface area contributed by atoms with Gasteiger partial charge < -0.3 is 5.32 Å². The molecule has 0 spiro atoms. The van der Waals surface area contributed by atoms with Gasteiger partial charge in [0.05, 0.1) is 0 Å². The molecular weight excluding hydrogens is 242 g/mol. The smallest absolute Gasteiger partial charge is 0.00177 e. The van der Waals surface area contributed by atoms with E-state index in [0.717, 1.165) is 24.3 Å². The van der Waals surface area contributed by atoms with Gasteiger partial charge in [-0.2, -0.15) is 0 Å². The largest absolute Gasteiger partial charge is 0.319 e. The highest BCUT2D eigenvalue weighted by molar-refractivity contribution is 5.36. The molecule has 1 aliphatic rings. The monoisotopic (exact) mass is 273 g/mol. The number of benzene rings is 1. The molecule has 0 aliphatic heterocycles. The molecule has 0 heterocycles. The quantitative estimate of drug-likeness (QED) is 0.811. The molecular formula is C19H31N. The molecule has 1 aliphatic carbocycles. The molecule has 0 aromatic heterocycles. The number of aryl methyl sites for hydroxylation is 1. The Hall–Kier alpha value is -0.820. The summed E-state index contributed by atoms with van der Waals surface area (Å²) in [6.45, 7) is 8.05. The van der Waals surface area contributed by atoms with E-state index in [0.29, 0.717) is 0 Å². The molecule has 1 aromatic rings. The third-order valence-electron chi connectivity index (χ3n) is 5.31. The van der Waals surface area contributed by atoms with Crippen LogP contribution in [0.4, 0.5) is 0 Å². The first kappa shape index (κ1) is 15.6. The lowest BCUT2D eigenvalue weighted by Crippen LogP contribution is -2.31. The highest BCUT2D eigenvalue weighted by Gasteiger charge is 2.31. The highest BCUT2D eigenvalue weighted by atomic mass is 14.8. The van der Waals surface area contributed by atoms with Gasteiger partial charge in [0.25, 0.3) is 0 Å². The van der Waals surface area contributed by atoms with Crippen molar-refractivity contribution in [1.82, 2.24) is 5.32 Å². The second-order valence-corrected chi connectivity index (χ2v) is 6.68. The molecule has 1 fully saturated rings. The predicted molar refractivity (Wildman–Crippen MR) is 88.3 cm³/mol. The molecule has 0 radical (unpaired) electrons. The average Bonchev–Trinajstić information content (AvgIpc) is 2.44. The van der Waals surface area contributed by atoms with E-state index in [1.165, 1.54) is 43.2 Å². The van der Waals surface area contributed by atoms with Gasteiger partial charge >= 0.3 is 0 Å². The standard InChI is InChI=1S/C19H31N/c1-5-7-16-10-11-17(13-20-4)19(12-16)18-9-6-8-14(2)15(18)3/h6,8-9,16-17,19-20H,5,7,10-13H2,1-4H3. The zero-order chi connectivity index (χ0) is 14.5. The molecule has 0 saturated heterocycles. The molecule has 2 rings (SSSR count). The normalized spacial score (nSPS) is 26.7. The fourth-order valence-electron chi connectivity index (χ4n) is 4.05. The first-order chi connectivity index (χ1) is 9.67. The summed E-state index contributed by atoms with van der Waals surface area (Å²) in [5.74, 6) is 2.51. The second-order valence-electron chi connectivity index (χ2n) is 6.68. The van der Waals surface area contributed by atoms with Crippen LogP contribution < -0.4 is 5.32 Å². The van der Waals surface area contributed by atoms with E-state index in [1.807, 2.05) is 0 Å². The Bertz CT molecular complexity index is 424. The van der Waals surface area contributed by atoms with Gasteiger partial charge in [-0.25, -0.2) is 0 Å². The molecule has 112 valence electrons. The summed E-state index contributed by atoms with van der Waals surface area (Å²) in [7, 11) is 2.10. The summed E-state index contributed by atoms with van der Waals surface area (Å²) < 4.78 is 0. The van der Waals surface area contributed by atoms with Crippen molar-refractivity contribution in [2.75, 3.05) is 13.6 Å². The molecule has 0 amide bonds. The molecule has 1 nitrogen and oxygen atoms in total. The maximum atomic E-state index is 3.42. The van der Waals surface area contributed by atoms with Gasteiger partial charge in [0.1, 0.15) is 0 Å². The van der Waals surface area contributed by atoms with Gasteiger partial charge in [0, 0.05) is 0 Å². The van der Waals surface area contributed by atoms with E-state index in [-0.39, 0.29) is 0 Å². The molecule has 1 aromatic carbocycles. The minimum atomic E-state index is 0.757. The minimum absolute atomic E-state index is 0.757. The first-order valence-electron chi connectivity index (χ1n) is 8.38. The lowest BCUT2D eigenvalue weighted by atomic mass is 9.69. The Balaban J connectivity index is 2.24. The Morgan fingerprint density at radius 1 is 1.20 bits per heavy atom. The van der Waals surface area contributed by atoms with E-state index < -0.39 is 0 Å². The third kappa shape index (κ3) is 3.44. The van der Waals surface area contributed by atoms with Crippen molar-refractivity contribution < 1.29 is 0 Å². The van der Waals surface area contributed by atoms with Crippen LogP contribution in [0.3, 0.4) is 0 Å². The lowest BCUT2D eigenvalue weighted by Gasteiger charge is -2.37. The van der Waals surface area contributed by atoms with Crippen LogP contribution in [0.5, 0.6) is 0 Å². The van der Waals surface area contributed by atoms with Gasteiger partial charge in [-0.1, -0.05) is 44.4 Å². The molecule has 3 unspecified atom stereocenters. The van der Waals surface area contributed by atoms with Crippen LogP contribution >= 0.6 is 0 Å². The number of nitrogens with one attached hydrogen (secondary N) is 1. The third-order valence-corrected chi connectivity index (χ3v) is 5.31. The molecule has 3 atom stereocenters.